The van der Waals surface area contributed by atoms with Gasteiger partial charge < -0.3 is 5.32 Å². The number of nitrogens with one attached hydrogen (secondary N) is 1. The first kappa shape index (κ1) is 15.1. The minimum absolute atomic E-state index is 0.646. The Kier molecular flexibility index (Phi) is 4.97. The molecule has 2 nitrogen and oxygen atoms in total. The number of aryl methyl sites for hydroxylation is 1. The van der Waals surface area contributed by atoms with Crippen molar-refractivity contribution in [3.05, 3.63) is 34.9 Å². The second-order valence-electron chi connectivity index (χ2n) is 6.92. The van der Waals surface area contributed by atoms with Crippen molar-refractivity contribution in [2.24, 2.45) is 5.92 Å². The lowest BCUT2D eigenvalue weighted by Gasteiger charge is -2.42. The summed E-state index contributed by atoms with van der Waals surface area (Å²) in [5.41, 5.74) is 4.57. The Balaban J connectivity index is 1.91. The second-order valence-corrected chi connectivity index (χ2v) is 6.92. The Hall–Kier alpha value is -0.860. The molecule has 1 N–H and O–H groups in total. The quantitative estimate of drug-likeness (QED) is 0.908. The smallest absolute Gasteiger partial charge is 0.0380 e. The van der Waals surface area contributed by atoms with Crippen molar-refractivity contribution in [1.29, 1.82) is 0 Å². The van der Waals surface area contributed by atoms with Gasteiger partial charge >= 0.3 is 0 Å². The van der Waals surface area contributed by atoms with E-state index in [0.29, 0.717) is 6.04 Å². The van der Waals surface area contributed by atoms with Gasteiger partial charge in [0.25, 0.3) is 0 Å². The van der Waals surface area contributed by atoms with E-state index in [0.717, 1.165) is 19.0 Å². The second kappa shape index (κ2) is 6.93. The topological polar surface area (TPSA) is 15.3 Å². The molecule has 1 aliphatic carbocycles. The number of rotatable bonds is 3. The van der Waals surface area contributed by atoms with Crippen LogP contribution in [0.1, 0.15) is 54.8 Å². The molecule has 0 radical (unpaired) electrons. The van der Waals surface area contributed by atoms with Crippen LogP contribution in [0.5, 0.6) is 0 Å². The van der Waals surface area contributed by atoms with Gasteiger partial charge in [0.2, 0.25) is 0 Å². The SMILES string of the molecule is Cc1cccc([C@@H](C2CCCCC2)N2CCNCC2)c1C. The lowest BCUT2D eigenvalue weighted by Crippen LogP contribution is -2.47. The summed E-state index contributed by atoms with van der Waals surface area (Å²) in [6.07, 6.45) is 7.14. The van der Waals surface area contributed by atoms with Crippen molar-refractivity contribution in [2.45, 2.75) is 52.0 Å². The van der Waals surface area contributed by atoms with Gasteiger partial charge in [-0.25, -0.2) is 0 Å². The number of hydrogen-bond donors (Lipinski definition) is 1. The van der Waals surface area contributed by atoms with Crippen LogP contribution >= 0.6 is 0 Å². The molecule has 0 unspecified atom stereocenters. The molecule has 1 heterocycles. The number of piperazine rings is 1. The van der Waals surface area contributed by atoms with Gasteiger partial charge in [0.15, 0.2) is 0 Å². The summed E-state index contributed by atoms with van der Waals surface area (Å²) in [7, 11) is 0. The average Bonchev–Trinajstić information content (AvgIpc) is 2.54. The fraction of sp³-hybridized carbons (Fsp3) is 0.684. The maximum atomic E-state index is 3.51. The van der Waals surface area contributed by atoms with Gasteiger partial charge in [-0.05, 0) is 49.3 Å². The van der Waals surface area contributed by atoms with Crippen LogP contribution in [0.25, 0.3) is 0 Å². The van der Waals surface area contributed by atoms with E-state index < -0.39 is 0 Å². The highest BCUT2D eigenvalue weighted by atomic mass is 15.2. The highest BCUT2D eigenvalue weighted by Gasteiger charge is 2.31. The molecule has 1 atom stereocenters. The van der Waals surface area contributed by atoms with Gasteiger partial charge in [-0.3, -0.25) is 4.90 Å². The molecule has 1 aliphatic heterocycles. The molecule has 116 valence electrons. The van der Waals surface area contributed by atoms with Gasteiger partial charge in [0, 0.05) is 32.2 Å². The summed E-state index contributed by atoms with van der Waals surface area (Å²) >= 11 is 0. The summed E-state index contributed by atoms with van der Waals surface area (Å²) in [5, 5.41) is 3.51. The van der Waals surface area contributed by atoms with E-state index in [9.17, 15) is 0 Å². The molecule has 1 aromatic rings. The molecule has 1 saturated heterocycles. The first-order valence-corrected chi connectivity index (χ1v) is 8.78. The zero-order valence-corrected chi connectivity index (χ0v) is 13.7. The normalized spacial score (nSPS) is 23.1. The molecule has 0 spiro atoms. The molecule has 3 rings (SSSR count). The third kappa shape index (κ3) is 3.32. The van der Waals surface area contributed by atoms with E-state index in [1.807, 2.05) is 0 Å². The predicted molar refractivity (Wildman–Crippen MR) is 89.7 cm³/mol. The first-order chi connectivity index (χ1) is 10.3. The van der Waals surface area contributed by atoms with E-state index in [2.05, 4.69) is 42.3 Å². The molecule has 1 saturated carbocycles. The molecule has 0 aromatic heterocycles. The lowest BCUT2D eigenvalue weighted by atomic mass is 9.78. The summed E-state index contributed by atoms with van der Waals surface area (Å²) in [5.74, 6) is 0.859. The summed E-state index contributed by atoms with van der Waals surface area (Å²) in [6, 6.07) is 7.56. The third-order valence-electron chi connectivity index (χ3n) is 5.61. The molecule has 21 heavy (non-hydrogen) atoms. The summed E-state index contributed by atoms with van der Waals surface area (Å²) in [6.45, 7) is 9.28. The maximum absolute atomic E-state index is 3.51. The number of benzene rings is 1. The average molecular weight is 286 g/mol. The van der Waals surface area contributed by atoms with Crippen LogP contribution in [0.15, 0.2) is 18.2 Å². The number of hydrogen-bond acceptors (Lipinski definition) is 2. The fourth-order valence-corrected chi connectivity index (χ4v) is 4.25. The molecule has 0 bridgehead atoms. The van der Waals surface area contributed by atoms with Gasteiger partial charge in [0.1, 0.15) is 0 Å². The Morgan fingerprint density at radius 1 is 1.05 bits per heavy atom. The summed E-state index contributed by atoms with van der Waals surface area (Å²) < 4.78 is 0. The minimum atomic E-state index is 0.646. The lowest BCUT2D eigenvalue weighted by molar-refractivity contribution is 0.103. The first-order valence-electron chi connectivity index (χ1n) is 8.78. The fourth-order valence-electron chi connectivity index (χ4n) is 4.25. The zero-order chi connectivity index (χ0) is 14.7. The predicted octanol–water partition coefficient (Wildman–Crippen LogP) is 3.83. The van der Waals surface area contributed by atoms with E-state index >= 15 is 0 Å². The highest BCUT2D eigenvalue weighted by molar-refractivity contribution is 5.36. The van der Waals surface area contributed by atoms with Crippen molar-refractivity contribution in [1.82, 2.24) is 10.2 Å². The van der Waals surface area contributed by atoms with Crippen molar-refractivity contribution in [3.8, 4) is 0 Å². The van der Waals surface area contributed by atoms with E-state index in [1.165, 1.54) is 56.3 Å². The van der Waals surface area contributed by atoms with E-state index in [1.54, 1.807) is 5.56 Å². The Labute approximate surface area is 129 Å². The Morgan fingerprint density at radius 2 is 1.76 bits per heavy atom. The molecule has 0 amide bonds. The molecule has 2 aliphatic rings. The third-order valence-corrected chi connectivity index (χ3v) is 5.61. The highest BCUT2D eigenvalue weighted by Crippen LogP contribution is 2.40. The zero-order valence-electron chi connectivity index (χ0n) is 13.7. The molecule has 2 fully saturated rings. The van der Waals surface area contributed by atoms with Crippen molar-refractivity contribution < 1.29 is 0 Å². The van der Waals surface area contributed by atoms with Crippen LogP contribution in [-0.2, 0) is 0 Å². The molecule has 2 heteroatoms. The van der Waals surface area contributed by atoms with Crippen molar-refractivity contribution >= 4 is 0 Å². The van der Waals surface area contributed by atoms with Gasteiger partial charge in [-0.1, -0.05) is 37.5 Å². The van der Waals surface area contributed by atoms with Crippen LogP contribution in [0.4, 0.5) is 0 Å². The summed E-state index contributed by atoms with van der Waals surface area (Å²) in [4.78, 5) is 2.76. The minimum Gasteiger partial charge on any atom is -0.314 e. The van der Waals surface area contributed by atoms with E-state index in [-0.39, 0.29) is 0 Å². The van der Waals surface area contributed by atoms with Crippen molar-refractivity contribution in [3.63, 3.8) is 0 Å². The standard InChI is InChI=1S/C19H30N2/c1-15-7-6-10-18(16(15)2)19(17-8-4-3-5-9-17)21-13-11-20-12-14-21/h6-7,10,17,19-20H,3-5,8-9,11-14H2,1-2H3/t19-/m1/s1. The van der Waals surface area contributed by atoms with Gasteiger partial charge in [0.05, 0.1) is 0 Å². The van der Waals surface area contributed by atoms with Gasteiger partial charge in [-0.15, -0.1) is 0 Å². The largest absolute Gasteiger partial charge is 0.314 e. The van der Waals surface area contributed by atoms with Crippen LogP contribution in [-0.4, -0.2) is 31.1 Å². The molecule has 1 aromatic carbocycles. The maximum Gasteiger partial charge on any atom is 0.0380 e. The van der Waals surface area contributed by atoms with Crippen molar-refractivity contribution in [2.75, 3.05) is 26.2 Å². The van der Waals surface area contributed by atoms with Crippen LogP contribution in [0.2, 0.25) is 0 Å². The Bertz CT molecular complexity index is 439. The molecular formula is C19H30N2. The van der Waals surface area contributed by atoms with Crippen LogP contribution in [0.3, 0.4) is 0 Å². The van der Waals surface area contributed by atoms with Gasteiger partial charge in [-0.2, -0.15) is 0 Å². The molecular weight excluding hydrogens is 256 g/mol. The Morgan fingerprint density at radius 3 is 2.48 bits per heavy atom. The number of nitrogens with zero attached hydrogens (tertiary/aromatic N) is 1. The van der Waals surface area contributed by atoms with E-state index in [4.69, 9.17) is 0 Å². The monoisotopic (exact) mass is 286 g/mol. The van der Waals surface area contributed by atoms with Crippen LogP contribution in [0, 0.1) is 19.8 Å². The van der Waals surface area contributed by atoms with Crippen LogP contribution < -0.4 is 5.32 Å².